The van der Waals surface area contributed by atoms with Crippen LogP contribution in [0.3, 0.4) is 0 Å². The topological polar surface area (TPSA) is 65.7 Å². The van der Waals surface area contributed by atoms with E-state index in [0.29, 0.717) is 12.4 Å². The maximum atomic E-state index is 5.61. The lowest BCUT2D eigenvalue weighted by Gasteiger charge is -2.17. The minimum Gasteiger partial charge on any atom is -0.444 e. The average Bonchev–Trinajstić information content (AvgIpc) is 3.23. The molecule has 0 aliphatic carbocycles. The molecular weight excluding hydrogens is 374 g/mol. The summed E-state index contributed by atoms with van der Waals surface area (Å²) < 4.78 is 5.61. The van der Waals surface area contributed by atoms with Crippen molar-refractivity contribution in [1.29, 1.82) is 0 Å². The van der Waals surface area contributed by atoms with Crippen LogP contribution in [0.15, 0.2) is 70.3 Å². The largest absolute Gasteiger partial charge is 0.444 e. The number of guanidine groups is 1. The van der Waals surface area contributed by atoms with Crippen LogP contribution in [-0.2, 0) is 13.1 Å². The zero-order valence-electron chi connectivity index (χ0n) is 18.1. The zero-order valence-corrected chi connectivity index (χ0v) is 18.1. The summed E-state index contributed by atoms with van der Waals surface area (Å²) in [6.07, 6.45) is 2.72. The van der Waals surface area contributed by atoms with Gasteiger partial charge in [-0.15, -0.1) is 0 Å². The van der Waals surface area contributed by atoms with Gasteiger partial charge in [0.05, 0.1) is 12.2 Å². The number of hydrogen-bond donors (Lipinski definition) is 2. The van der Waals surface area contributed by atoms with Gasteiger partial charge in [-0.2, -0.15) is 0 Å². The first-order valence-corrected chi connectivity index (χ1v) is 10.3. The Kier molecular flexibility index (Phi) is 8.03. The molecular formula is C24H31N5O. The van der Waals surface area contributed by atoms with Crippen molar-refractivity contribution >= 4 is 5.96 Å². The average molecular weight is 406 g/mol. The van der Waals surface area contributed by atoms with Crippen LogP contribution in [0.4, 0.5) is 0 Å². The number of benzene rings is 2. The van der Waals surface area contributed by atoms with Crippen molar-refractivity contribution in [3.05, 3.63) is 77.7 Å². The highest BCUT2D eigenvalue weighted by Crippen LogP contribution is 2.18. The number of oxazole rings is 1. The van der Waals surface area contributed by atoms with Gasteiger partial charge in [0.2, 0.25) is 5.89 Å². The van der Waals surface area contributed by atoms with Crippen LogP contribution < -0.4 is 10.6 Å². The van der Waals surface area contributed by atoms with Crippen molar-refractivity contribution in [1.82, 2.24) is 20.5 Å². The van der Waals surface area contributed by atoms with E-state index in [1.165, 1.54) is 11.1 Å². The van der Waals surface area contributed by atoms with Crippen LogP contribution in [0.1, 0.15) is 23.2 Å². The minimum atomic E-state index is 0.558. The van der Waals surface area contributed by atoms with Gasteiger partial charge in [0.25, 0.3) is 0 Å². The van der Waals surface area contributed by atoms with Crippen molar-refractivity contribution in [3.63, 3.8) is 0 Å². The molecule has 2 aromatic carbocycles. The molecule has 1 aromatic heterocycles. The second kappa shape index (κ2) is 11.2. The Morgan fingerprint density at radius 1 is 1.07 bits per heavy atom. The number of aryl methyl sites for hydroxylation is 1. The lowest BCUT2D eigenvalue weighted by atomic mass is 10.1. The minimum absolute atomic E-state index is 0.558. The van der Waals surface area contributed by atoms with Crippen LogP contribution in [0.2, 0.25) is 0 Å². The lowest BCUT2D eigenvalue weighted by Crippen LogP contribution is -2.38. The van der Waals surface area contributed by atoms with Gasteiger partial charge in [-0.25, -0.2) is 4.98 Å². The molecule has 0 aliphatic heterocycles. The van der Waals surface area contributed by atoms with Gasteiger partial charge < -0.3 is 20.0 Å². The standard InChI is InChI=1S/C24H31N5O/c1-19-10-12-21(13-11-19)23-28-22(18-30-23)16-27-24(25-2)26-14-7-15-29(3)17-20-8-5-4-6-9-20/h4-6,8-13,18H,7,14-17H2,1-3H3,(H2,25,26,27). The predicted octanol–water partition coefficient (Wildman–Crippen LogP) is 3.84. The first-order valence-electron chi connectivity index (χ1n) is 10.3. The van der Waals surface area contributed by atoms with Gasteiger partial charge >= 0.3 is 0 Å². The summed E-state index contributed by atoms with van der Waals surface area (Å²) in [7, 11) is 3.92. The molecule has 6 nitrogen and oxygen atoms in total. The lowest BCUT2D eigenvalue weighted by molar-refractivity contribution is 0.322. The zero-order chi connectivity index (χ0) is 21.2. The molecule has 158 valence electrons. The molecule has 2 N–H and O–H groups in total. The third kappa shape index (κ3) is 6.74. The molecule has 0 saturated carbocycles. The van der Waals surface area contributed by atoms with Crippen LogP contribution in [0, 0.1) is 6.92 Å². The smallest absolute Gasteiger partial charge is 0.226 e. The SMILES string of the molecule is CN=C(NCCCN(C)Cc1ccccc1)NCc1coc(-c2ccc(C)cc2)n1. The van der Waals surface area contributed by atoms with Crippen LogP contribution >= 0.6 is 0 Å². The van der Waals surface area contributed by atoms with E-state index in [0.717, 1.165) is 43.3 Å². The maximum Gasteiger partial charge on any atom is 0.226 e. The molecule has 0 aliphatic rings. The molecule has 0 spiro atoms. The molecule has 0 unspecified atom stereocenters. The fourth-order valence-corrected chi connectivity index (χ4v) is 3.14. The third-order valence-corrected chi connectivity index (χ3v) is 4.82. The second-order valence-electron chi connectivity index (χ2n) is 7.44. The Balaban J connectivity index is 1.37. The van der Waals surface area contributed by atoms with E-state index in [2.05, 4.69) is 81.9 Å². The first kappa shape index (κ1) is 21.6. The number of aliphatic imine (C=N–C) groups is 1. The van der Waals surface area contributed by atoms with Gasteiger partial charge in [0.15, 0.2) is 5.96 Å². The van der Waals surface area contributed by atoms with Gasteiger partial charge in [0, 0.05) is 25.7 Å². The molecule has 1 heterocycles. The number of nitrogens with zero attached hydrogens (tertiary/aromatic N) is 3. The van der Waals surface area contributed by atoms with Crippen molar-refractivity contribution in [2.24, 2.45) is 4.99 Å². The van der Waals surface area contributed by atoms with Gasteiger partial charge in [-0.05, 0) is 44.6 Å². The van der Waals surface area contributed by atoms with E-state index in [4.69, 9.17) is 4.42 Å². The molecule has 3 aromatic rings. The normalized spacial score (nSPS) is 11.7. The maximum absolute atomic E-state index is 5.61. The molecule has 0 bridgehead atoms. The molecule has 0 radical (unpaired) electrons. The summed E-state index contributed by atoms with van der Waals surface area (Å²) >= 11 is 0. The number of aromatic nitrogens is 1. The highest BCUT2D eigenvalue weighted by atomic mass is 16.3. The monoisotopic (exact) mass is 405 g/mol. The van der Waals surface area contributed by atoms with Crippen molar-refractivity contribution < 1.29 is 4.42 Å². The second-order valence-corrected chi connectivity index (χ2v) is 7.44. The van der Waals surface area contributed by atoms with Crippen LogP contribution in [-0.4, -0.2) is 43.0 Å². The summed E-state index contributed by atoms with van der Waals surface area (Å²) in [6, 6.07) is 18.7. The van der Waals surface area contributed by atoms with E-state index in [9.17, 15) is 0 Å². The highest BCUT2D eigenvalue weighted by molar-refractivity contribution is 5.79. The van der Waals surface area contributed by atoms with Crippen molar-refractivity contribution in [2.45, 2.75) is 26.4 Å². The number of nitrogens with one attached hydrogen (secondary N) is 2. The summed E-state index contributed by atoms with van der Waals surface area (Å²) in [6.45, 7) is 5.45. The van der Waals surface area contributed by atoms with Gasteiger partial charge in [-0.3, -0.25) is 4.99 Å². The summed E-state index contributed by atoms with van der Waals surface area (Å²) in [5.41, 5.74) is 4.38. The molecule has 30 heavy (non-hydrogen) atoms. The van der Waals surface area contributed by atoms with E-state index in [1.807, 2.05) is 12.1 Å². The number of hydrogen-bond acceptors (Lipinski definition) is 4. The fourth-order valence-electron chi connectivity index (χ4n) is 3.14. The van der Waals surface area contributed by atoms with Crippen molar-refractivity contribution in [2.75, 3.05) is 27.2 Å². The number of rotatable bonds is 9. The van der Waals surface area contributed by atoms with Crippen LogP contribution in [0.5, 0.6) is 0 Å². The van der Waals surface area contributed by atoms with Crippen molar-refractivity contribution in [3.8, 4) is 11.5 Å². The van der Waals surface area contributed by atoms with E-state index in [1.54, 1.807) is 13.3 Å². The molecule has 0 saturated heterocycles. The Morgan fingerprint density at radius 3 is 2.57 bits per heavy atom. The summed E-state index contributed by atoms with van der Waals surface area (Å²) in [4.78, 5) is 11.2. The van der Waals surface area contributed by atoms with Gasteiger partial charge in [0.1, 0.15) is 6.26 Å². The van der Waals surface area contributed by atoms with Crippen LogP contribution in [0.25, 0.3) is 11.5 Å². The Labute approximate surface area is 179 Å². The predicted molar refractivity (Wildman–Crippen MR) is 122 cm³/mol. The highest BCUT2D eigenvalue weighted by Gasteiger charge is 2.07. The summed E-state index contributed by atoms with van der Waals surface area (Å²) in [5, 5.41) is 6.65. The fraction of sp³-hybridized carbons (Fsp3) is 0.333. The Morgan fingerprint density at radius 2 is 1.83 bits per heavy atom. The molecule has 0 fully saturated rings. The Bertz CT molecular complexity index is 918. The van der Waals surface area contributed by atoms with E-state index < -0.39 is 0 Å². The van der Waals surface area contributed by atoms with E-state index >= 15 is 0 Å². The first-order chi connectivity index (χ1) is 14.6. The van der Waals surface area contributed by atoms with E-state index in [-0.39, 0.29) is 0 Å². The molecule has 0 atom stereocenters. The summed E-state index contributed by atoms with van der Waals surface area (Å²) in [5.74, 6) is 1.40. The molecule has 3 rings (SSSR count). The third-order valence-electron chi connectivity index (χ3n) is 4.82. The molecule has 6 heteroatoms. The van der Waals surface area contributed by atoms with Gasteiger partial charge in [-0.1, -0.05) is 48.0 Å². The molecule has 0 amide bonds. The quantitative estimate of drug-likeness (QED) is 0.322. The Hall–Kier alpha value is -3.12.